The van der Waals surface area contributed by atoms with Crippen molar-refractivity contribution >= 4 is 5.97 Å². The van der Waals surface area contributed by atoms with Gasteiger partial charge in [-0.15, -0.1) is 0 Å². The van der Waals surface area contributed by atoms with E-state index in [1.165, 1.54) is 18.4 Å². The summed E-state index contributed by atoms with van der Waals surface area (Å²) in [5, 5.41) is 0. The van der Waals surface area contributed by atoms with Crippen LogP contribution in [-0.2, 0) is 14.3 Å². The van der Waals surface area contributed by atoms with Crippen molar-refractivity contribution in [2.24, 2.45) is 5.41 Å². The number of hydrogen-bond acceptors (Lipinski definition) is 3. The lowest BCUT2D eigenvalue weighted by Crippen LogP contribution is -2.36. The molecule has 0 bridgehead atoms. The number of rotatable bonds is 2. The highest BCUT2D eigenvalue weighted by Crippen LogP contribution is 2.56. The Hall–Kier alpha value is -1.25. The topological polar surface area (TPSA) is 35.5 Å². The first-order valence-corrected chi connectivity index (χ1v) is 6.61. The van der Waals surface area contributed by atoms with E-state index in [9.17, 15) is 4.79 Å². The fourth-order valence-corrected chi connectivity index (χ4v) is 3.09. The van der Waals surface area contributed by atoms with Crippen LogP contribution in [0.3, 0.4) is 0 Å². The summed E-state index contributed by atoms with van der Waals surface area (Å²) in [6.45, 7) is 0. The number of carbonyl (C=O) groups is 1. The third kappa shape index (κ3) is 1.31. The molecule has 3 aliphatic carbocycles. The smallest absolute Gasteiger partial charge is 0.321 e. The molecule has 3 nitrogen and oxygen atoms in total. The van der Waals surface area contributed by atoms with Gasteiger partial charge in [-0.3, -0.25) is 4.79 Å². The van der Waals surface area contributed by atoms with Gasteiger partial charge in [-0.25, -0.2) is 0 Å². The average molecular weight is 232 g/mol. The molecule has 4 aliphatic rings. The Bertz CT molecular complexity index is 450. The number of allylic oxidation sites excluding steroid dienone is 2. The van der Waals surface area contributed by atoms with Crippen molar-refractivity contribution in [2.45, 2.75) is 51.0 Å². The summed E-state index contributed by atoms with van der Waals surface area (Å²) in [4.78, 5) is 12.0. The van der Waals surface area contributed by atoms with Gasteiger partial charge in [0, 0.05) is 12.5 Å². The van der Waals surface area contributed by atoms with Crippen LogP contribution >= 0.6 is 0 Å². The zero-order valence-corrected chi connectivity index (χ0v) is 9.83. The molecule has 0 unspecified atom stereocenters. The van der Waals surface area contributed by atoms with Gasteiger partial charge in [0.2, 0.25) is 0 Å². The third-order valence-electron chi connectivity index (χ3n) is 4.43. The first-order chi connectivity index (χ1) is 8.28. The first-order valence-electron chi connectivity index (χ1n) is 6.61. The summed E-state index contributed by atoms with van der Waals surface area (Å²) < 4.78 is 11.2. The zero-order valence-electron chi connectivity index (χ0n) is 9.83. The second kappa shape index (κ2) is 3.15. The van der Waals surface area contributed by atoms with Crippen LogP contribution in [0.4, 0.5) is 0 Å². The number of esters is 1. The lowest BCUT2D eigenvalue weighted by molar-refractivity contribution is -0.148. The van der Waals surface area contributed by atoms with E-state index >= 15 is 0 Å². The quantitative estimate of drug-likeness (QED) is 0.687. The summed E-state index contributed by atoms with van der Waals surface area (Å²) in [7, 11) is 0. The minimum atomic E-state index is -0.225. The molecule has 0 N–H and O–H groups in total. The summed E-state index contributed by atoms with van der Waals surface area (Å²) in [5.41, 5.74) is 1.02. The minimum Gasteiger partial charge on any atom is -0.495 e. The summed E-state index contributed by atoms with van der Waals surface area (Å²) in [6.07, 6.45) is 9.74. The molecule has 4 rings (SSSR count). The van der Waals surface area contributed by atoms with Crippen molar-refractivity contribution in [2.75, 3.05) is 0 Å². The van der Waals surface area contributed by atoms with Crippen molar-refractivity contribution in [1.82, 2.24) is 0 Å². The Morgan fingerprint density at radius 1 is 1.29 bits per heavy atom. The van der Waals surface area contributed by atoms with E-state index in [1.807, 2.05) is 6.08 Å². The van der Waals surface area contributed by atoms with E-state index in [1.54, 1.807) is 0 Å². The fourth-order valence-electron chi connectivity index (χ4n) is 3.09. The number of fused-ring (bicyclic) bond motifs is 1. The Morgan fingerprint density at radius 3 is 2.76 bits per heavy atom. The van der Waals surface area contributed by atoms with Gasteiger partial charge in [0.1, 0.15) is 11.5 Å². The monoisotopic (exact) mass is 232 g/mol. The molecule has 0 amide bonds. The molecule has 17 heavy (non-hydrogen) atoms. The predicted octanol–water partition coefficient (Wildman–Crippen LogP) is 2.82. The van der Waals surface area contributed by atoms with Crippen LogP contribution in [0.2, 0.25) is 0 Å². The standard InChI is InChI=1S/C14H16O3/c15-13-14(6-1-7-14)11-5-4-10(8-12(11)17-13)16-9-2-3-9/h8-9H,1-7H2. The average Bonchev–Trinajstić information content (AvgIpc) is 2.97. The molecule has 0 saturated heterocycles. The van der Waals surface area contributed by atoms with Crippen molar-refractivity contribution in [1.29, 1.82) is 0 Å². The van der Waals surface area contributed by atoms with Crippen LogP contribution in [0.5, 0.6) is 0 Å². The van der Waals surface area contributed by atoms with Crippen LogP contribution in [0.15, 0.2) is 23.2 Å². The van der Waals surface area contributed by atoms with Crippen molar-refractivity contribution < 1.29 is 14.3 Å². The van der Waals surface area contributed by atoms with Crippen LogP contribution in [0, 0.1) is 5.41 Å². The molecule has 1 heterocycles. The zero-order chi connectivity index (χ0) is 11.5. The van der Waals surface area contributed by atoms with Crippen LogP contribution < -0.4 is 0 Å². The van der Waals surface area contributed by atoms with Gasteiger partial charge in [-0.2, -0.15) is 0 Å². The minimum absolute atomic E-state index is 0.0160. The second-order valence-corrected chi connectivity index (χ2v) is 5.60. The molecular formula is C14H16O3. The summed E-state index contributed by atoms with van der Waals surface area (Å²) in [5.74, 6) is 1.80. The first kappa shape index (κ1) is 9.75. The Kier molecular flexibility index (Phi) is 1.81. The number of hydrogen-bond donors (Lipinski definition) is 0. The summed E-state index contributed by atoms with van der Waals surface area (Å²) in [6, 6.07) is 0. The second-order valence-electron chi connectivity index (χ2n) is 5.60. The normalized spacial score (nSPS) is 29.6. The van der Waals surface area contributed by atoms with Crippen molar-refractivity contribution in [3.63, 3.8) is 0 Å². The molecule has 3 heteroatoms. The summed E-state index contributed by atoms with van der Waals surface area (Å²) >= 11 is 0. The predicted molar refractivity (Wildman–Crippen MR) is 60.8 cm³/mol. The van der Waals surface area contributed by atoms with E-state index in [4.69, 9.17) is 9.47 Å². The van der Waals surface area contributed by atoms with Gasteiger partial charge in [0.15, 0.2) is 0 Å². The van der Waals surface area contributed by atoms with Gasteiger partial charge in [-0.05, 0) is 37.7 Å². The molecule has 2 saturated carbocycles. The largest absolute Gasteiger partial charge is 0.495 e. The maximum atomic E-state index is 12.0. The van der Waals surface area contributed by atoms with E-state index in [0.717, 1.165) is 43.6 Å². The Labute approximate surface area is 100 Å². The van der Waals surface area contributed by atoms with E-state index in [2.05, 4.69) is 0 Å². The maximum Gasteiger partial charge on any atom is 0.321 e. The van der Waals surface area contributed by atoms with Crippen molar-refractivity contribution in [3.05, 3.63) is 23.2 Å². The fraction of sp³-hybridized carbons (Fsp3) is 0.643. The molecule has 1 spiro atoms. The maximum absolute atomic E-state index is 12.0. The van der Waals surface area contributed by atoms with Gasteiger partial charge < -0.3 is 9.47 Å². The third-order valence-corrected chi connectivity index (χ3v) is 4.43. The van der Waals surface area contributed by atoms with Gasteiger partial charge in [0.05, 0.1) is 11.5 Å². The van der Waals surface area contributed by atoms with Gasteiger partial charge in [-0.1, -0.05) is 6.42 Å². The van der Waals surface area contributed by atoms with E-state index in [0.29, 0.717) is 6.10 Å². The van der Waals surface area contributed by atoms with Crippen LogP contribution in [0.25, 0.3) is 0 Å². The highest BCUT2D eigenvalue weighted by atomic mass is 16.5. The molecule has 0 atom stereocenters. The van der Waals surface area contributed by atoms with E-state index in [-0.39, 0.29) is 11.4 Å². The molecule has 90 valence electrons. The SMILES string of the molecule is O=C1OC2=C(CCC(OC3CC3)=C2)C12CCC2. The number of ether oxygens (including phenoxy) is 2. The van der Waals surface area contributed by atoms with Gasteiger partial charge >= 0.3 is 5.97 Å². The molecule has 1 aliphatic heterocycles. The highest BCUT2D eigenvalue weighted by Gasteiger charge is 2.54. The van der Waals surface area contributed by atoms with Crippen molar-refractivity contribution in [3.8, 4) is 0 Å². The van der Waals surface area contributed by atoms with Gasteiger partial charge in [0.25, 0.3) is 0 Å². The van der Waals surface area contributed by atoms with Crippen LogP contribution in [0.1, 0.15) is 44.9 Å². The Morgan fingerprint density at radius 2 is 2.12 bits per heavy atom. The van der Waals surface area contributed by atoms with Crippen LogP contribution in [-0.4, -0.2) is 12.1 Å². The van der Waals surface area contributed by atoms with E-state index < -0.39 is 0 Å². The lowest BCUT2D eigenvalue weighted by Gasteiger charge is -2.37. The molecular weight excluding hydrogens is 216 g/mol. The molecule has 0 aromatic heterocycles. The molecule has 0 aromatic rings. The highest BCUT2D eigenvalue weighted by molar-refractivity contribution is 5.86. The molecule has 0 radical (unpaired) electrons. The molecule has 2 fully saturated rings. The lowest BCUT2D eigenvalue weighted by atomic mass is 9.63. The molecule has 0 aromatic carbocycles. The number of carbonyl (C=O) groups excluding carboxylic acids is 1. The Balaban J connectivity index is 1.63.